The molecule has 136 valence electrons. The summed E-state index contributed by atoms with van der Waals surface area (Å²) in [6.07, 6.45) is 0.606. The van der Waals surface area contributed by atoms with E-state index in [4.69, 9.17) is 0 Å². The van der Waals surface area contributed by atoms with Crippen LogP contribution in [0.2, 0.25) is 0 Å². The lowest BCUT2D eigenvalue weighted by Gasteiger charge is -2.23. The Balaban J connectivity index is 2.94. The molecule has 0 fully saturated rings. The SMILES string of the molecule is Cc1ccc(-c2c(C#N)c(CC(C)(C)C)nc(C(C)C)c2C(=O)O)cc1. The zero-order valence-corrected chi connectivity index (χ0v) is 16.3. The van der Waals surface area contributed by atoms with Gasteiger partial charge in [-0.3, -0.25) is 4.98 Å². The molecule has 0 unspecified atom stereocenters. The minimum absolute atomic E-state index is 0.0586. The number of aromatic carboxylic acids is 1. The molecule has 0 amide bonds. The molecule has 1 heterocycles. The minimum atomic E-state index is -1.05. The fourth-order valence-electron chi connectivity index (χ4n) is 3.05. The van der Waals surface area contributed by atoms with Gasteiger partial charge in [0, 0.05) is 5.56 Å². The molecule has 1 aromatic heterocycles. The molecule has 0 atom stereocenters. The van der Waals surface area contributed by atoms with Crippen molar-refractivity contribution in [2.24, 2.45) is 5.41 Å². The minimum Gasteiger partial charge on any atom is -0.478 e. The first-order chi connectivity index (χ1) is 12.0. The Labute approximate surface area is 155 Å². The summed E-state index contributed by atoms with van der Waals surface area (Å²) in [7, 11) is 0. The van der Waals surface area contributed by atoms with Gasteiger partial charge in [0.1, 0.15) is 6.07 Å². The smallest absolute Gasteiger partial charge is 0.338 e. The topological polar surface area (TPSA) is 74.0 Å². The molecule has 0 aliphatic carbocycles. The van der Waals surface area contributed by atoms with Crippen molar-refractivity contribution < 1.29 is 9.90 Å². The molecule has 26 heavy (non-hydrogen) atoms. The molecular weight excluding hydrogens is 324 g/mol. The largest absolute Gasteiger partial charge is 0.478 e. The predicted molar refractivity (Wildman–Crippen MR) is 103 cm³/mol. The standard InChI is InChI=1S/C22H26N2O2/c1-13(2)20-19(21(25)26)18(15-9-7-14(3)8-10-15)16(12-23)17(24-20)11-22(4,5)6/h7-10,13H,11H2,1-6H3,(H,25,26). The maximum Gasteiger partial charge on any atom is 0.338 e. The number of aryl methyl sites for hydroxylation is 1. The van der Waals surface area contributed by atoms with Gasteiger partial charge in [0.2, 0.25) is 0 Å². The molecule has 1 N–H and O–H groups in total. The van der Waals surface area contributed by atoms with E-state index in [0.717, 1.165) is 11.1 Å². The third kappa shape index (κ3) is 4.11. The average molecular weight is 350 g/mol. The monoisotopic (exact) mass is 350 g/mol. The van der Waals surface area contributed by atoms with Crippen molar-refractivity contribution in [3.63, 3.8) is 0 Å². The van der Waals surface area contributed by atoms with E-state index in [9.17, 15) is 15.2 Å². The third-order valence-corrected chi connectivity index (χ3v) is 4.21. The number of nitrogens with zero attached hydrogens (tertiary/aromatic N) is 2. The fourth-order valence-corrected chi connectivity index (χ4v) is 3.05. The van der Waals surface area contributed by atoms with Gasteiger partial charge in [0.25, 0.3) is 0 Å². The van der Waals surface area contributed by atoms with Crippen molar-refractivity contribution in [3.05, 3.63) is 52.3 Å². The van der Waals surface area contributed by atoms with E-state index in [-0.39, 0.29) is 16.9 Å². The van der Waals surface area contributed by atoms with Gasteiger partial charge >= 0.3 is 5.97 Å². The molecule has 4 heteroatoms. The summed E-state index contributed by atoms with van der Waals surface area (Å²) in [6, 6.07) is 9.85. The first-order valence-electron chi connectivity index (χ1n) is 8.82. The van der Waals surface area contributed by atoms with Gasteiger partial charge in [-0.15, -0.1) is 0 Å². The van der Waals surface area contributed by atoms with Crippen LogP contribution in [0.5, 0.6) is 0 Å². The lowest BCUT2D eigenvalue weighted by atomic mass is 9.84. The van der Waals surface area contributed by atoms with Crippen molar-refractivity contribution in [2.45, 2.75) is 53.9 Å². The predicted octanol–water partition coefficient (Wildman–Crippen LogP) is 5.34. The van der Waals surface area contributed by atoms with Crippen LogP contribution >= 0.6 is 0 Å². The summed E-state index contributed by atoms with van der Waals surface area (Å²) >= 11 is 0. The molecule has 2 rings (SSSR count). The number of nitriles is 1. The number of pyridine rings is 1. The second-order valence-corrected chi connectivity index (χ2v) is 8.24. The highest BCUT2D eigenvalue weighted by Gasteiger charge is 2.28. The summed E-state index contributed by atoms with van der Waals surface area (Å²) in [5, 5.41) is 19.8. The van der Waals surface area contributed by atoms with Crippen molar-refractivity contribution in [1.29, 1.82) is 5.26 Å². The molecule has 0 aliphatic rings. The molecule has 0 radical (unpaired) electrons. The number of carbonyl (C=O) groups is 1. The maximum absolute atomic E-state index is 12.1. The fraction of sp³-hybridized carbons (Fsp3) is 0.409. The Morgan fingerprint density at radius 2 is 1.81 bits per heavy atom. The molecule has 2 aromatic rings. The second-order valence-electron chi connectivity index (χ2n) is 8.24. The first-order valence-corrected chi connectivity index (χ1v) is 8.82. The summed E-state index contributed by atoms with van der Waals surface area (Å²) in [5.41, 5.74) is 3.95. The quantitative estimate of drug-likeness (QED) is 0.808. The average Bonchev–Trinajstić information content (AvgIpc) is 2.52. The van der Waals surface area contributed by atoms with Crippen molar-refractivity contribution in [3.8, 4) is 17.2 Å². The van der Waals surface area contributed by atoms with E-state index in [1.165, 1.54) is 0 Å². The van der Waals surface area contributed by atoms with Crippen LogP contribution in [0.25, 0.3) is 11.1 Å². The lowest BCUT2D eigenvalue weighted by Crippen LogP contribution is -2.18. The Bertz CT molecular complexity index is 867. The van der Waals surface area contributed by atoms with Crippen LogP contribution in [-0.4, -0.2) is 16.1 Å². The van der Waals surface area contributed by atoms with E-state index in [2.05, 4.69) is 31.8 Å². The van der Waals surface area contributed by atoms with Crippen LogP contribution in [0.4, 0.5) is 0 Å². The molecule has 0 bridgehead atoms. The van der Waals surface area contributed by atoms with E-state index < -0.39 is 5.97 Å². The van der Waals surface area contributed by atoms with Crippen LogP contribution in [-0.2, 0) is 6.42 Å². The first kappa shape index (κ1) is 19.7. The summed E-state index contributed by atoms with van der Waals surface area (Å²) in [5.74, 6) is -1.10. The van der Waals surface area contributed by atoms with Gasteiger partial charge in [-0.1, -0.05) is 64.4 Å². The molecular formula is C22H26N2O2. The lowest BCUT2D eigenvalue weighted by molar-refractivity contribution is 0.0695. The Morgan fingerprint density at radius 1 is 1.23 bits per heavy atom. The summed E-state index contributed by atoms with van der Waals surface area (Å²) < 4.78 is 0. The van der Waals surface area contributed by atoms with Gasteiger partial charge in [0.15, 0.2) is 0 Å². The van der Waals surface area contributed by atoms with Gasteiger partial charge in [-0.05, 0) is 30.2 Å². The number of benzene rings is 1. The number of hydrogen-bond acceptors (Lipinski definition) is 3. The van der Waals surface area contributed by atoms with Crippen LogP contribution < -0.4 is 0 Å². The Kier molecular flexibility index (Phi) is 5.51. The number of carboxylic acid groups (broad SMARTS) is 1. The molecule has 0 aliphatic heterocycles. The number of carboxylic acids is 1. The summed E-state index contributed by atoms with van der Waals surface area (Å²) in [6.45, 7) is 12.1. The Morgan fingerprint density at radius 3 is 2.23 bits per heavy atom. The number of hydrogen-bond donors (Lipinski definition) is 1. The van der Waals surface area contributed by atoms with Gasteiger partial charge < -0.3 is 5.11 Å². The molecule has 1 aromatic carbocycles. The highest BCUT2D eigenvalue weighted by molar-refractivity contribution is 5.99. The zero-order chi connectivity index (χ0) is 19.6. The molecule has 0 saturated heterocycles. The highest BCUT2D eigenvalue weighted by Crippen LogP contribution is 2.36. The van der Waals surface area contributed by atoms with Gasteiger partial charge in [-0.25, -0.2) is 4.79 Å². The van der Waals surface area contributed by atoms with Gasteiger partial charge in [0.05, 0.1) is 22.5 Å². The maximum atomic E-state index is 12.1. The summed E-state index contributed by atoms with van der Waals surface area (Å²) in [4.78, 5) is 16.8. The van der Waals surface area contributed by atoms with Crippen molar-refractivity contribution in [1.82, 2.24) is 4.98 Å². The van der Waals surface area contributed by atoms with E-state index >= 15 is 0 Å². The normalized spacial score (nSPS) is 11.5. The third-order valence-electron chi connectivity index (χ3n) is 4.21. The van der Waals surface area contributed by atoms with Crippen LogP contribution in [0.15, 0.2) is 24.3 Å². The second kappa shape index (κ2) is 7.29. The molecule has 0 spiro atoms. The molecule has 0 saturated carbocycles. The van der Waals surface area contributed by atoms with Crippen molar-refractivity contribution >= 4 is 5.97 Å². The van der Waals surface area contributed by atoms with Crippen LogP contribution in [0.1, 0.15) is 73.4 Å². The number of rotatable bonds is 4. The van der Waals surface area contributed by atoms with E-state index in [1.54, 1.807) is 0 Å². The van der Waals surface area contributed by atoms with Crippen LogP contribution in [0, 0.1) is 23.7 Å². The van der Waals surface area contributed by atoms with E-state index in [1.807, 2.05) is 45.0 Å². The number of aromatic nitrogens is 1. The molecule has 4 nitrogen and oxygen atoms in total. The zero-order valence-electron chi connectivity index (χ0n) is 16.3. The Hall–Kier alpha value is -2.67. The highest BCUT2D eigenvalue weighted by atomic mass is 16.4. The van der Waals surface area contributed by atoms with E-state index in [0.29, 0.717) is 28.9 Å². The van der Waals surface area contributed by atoms with Crippen molar-refractivity contribution in [2.75, 3.05) is 0 Å². The van der Waals surface area contributed by atoms with Gasteiger partial charge in [-0.2, -0.15) is 5.26 Å². The van der Waals surface area contributed by atoms with Crippen LogP contribution in [0.3, 0.4) is 0 Å².